The van der Waals surface area contributed by atoms with Crippen LogP contribution in [-0.2, 0) is 16.4 Å². The summed E-state index contributed by atoms with van der Waals surface area (Å²) in [5.41, 5.74) is 6.50. The summed E-state index contributed by atoms with van der Waals surface area (Å²) in [6, 6.07) is 8.75. The van der Waals surface area contributed by atoms with Gasteiger partial charge in [-0.15, -0.1) is 0 Å². The van der Waals surface area contributed by atoms with E-state index in [1.807, 2.05) is 12.1 Å². The van der Waals surface area contributed by atoms with Gasteiger partial charge in [0.05, 0.1) is 4.90 Å². The highest BCUT2D eigenvalue weighted by molar-refractivity contribution is 7.89. The van der Waals surface area contributed by atoms with Crippen molar-refractivity contribution in [2.75, 3.05) is 6.54 Å². The lowest BCUT2D eigenvalue weighted by molar-refractivity contribution is 0.598. The average Bonchev–Trinajstić information content (AvgIpc) is 2.45. The van der Waals surface area contributed by atoms with Crippen molar-refractivity contribution in [3.63, 3.8) is 0 Å². The molecule has 120 valence electrons. The first-order valence-electron chi connectivity index (χ1n) is 7.37. The van der Waals surface area contributed by atoms with E-state index in [2.05, 4.69) is 0 Å². The molecule has 0 heterocycles. The maximum Gasteiger partial charge on any atom is 0.238 e. The number of nitrogens with two attached hydrogens (primary N) is 2. The van der Waals surface area contributed by atoms with Crippen molar-refractivity contribution in [1.82, 2.24) is 0 Å². The van der Waals surface area contributed by atoms with E-state index in [1.165, 1.54) is 6.07 Å². The Morgan fingerprint density at radius 3 is 2.41 bits per heavy atom. The molecule has 0 amide bonds. The van der Waals surface area contributed by atoms with Crippen molar-refractivity contribution < 1.29 is 8.42 Å². The lowest BCUT2D eigenvalue weighted by Gasteiger charge is -2.09. The molecule has 4 N–H and O–H groups in total. The Hall–Kier alpha value is -1.14. The third kappa shape index (κ3) is 4.20. The molecule has 2 aromatic carbocycles. The van der Waals surface area contributed by atoms with Gasteiger partial charge < -0.3 is 5.73 Å². The van der Waals surface area contributed by atoms with Gasteiger partial charge in [0.25, 0.3) is 0 Å². The third-order valence-corrected chi connectivity index (χ3v) is 4.97. The molecule has 4 nitrogen and oxygen atoms in total. The maximum absolute atomic E-state index is 11.7. The normalized spacial score (nSPS) is 12.0. The average molecular weight is 341 g/mol. The number of hydrogen-bond acceptors (Lipinski definition) is 3. The number of fused-ring (bicyclic) bond motifs is 1. The van der Waals surface area contributed by atoms with E-state index in [0.717, 1.165) is 44.2 Å². The zero-order valence-corrected chi connectivity index (χ0v) is 14.0. The molecule has 0 aromatic heterocycles. The topological polar surface area (TPSA) is 86.2 Å². The van der Waals surface area contributed by atoms with E-state index in [-0.39, 0.29) is 4.90 Å². The fourth-order valence-electron chi connectivity index (χ4n) is 2.59. The first-order valence-corrected chi connectivity index (χ1v) is 9.30. The van der Waals surface area contributed by atoms with Crippen molar-refractivity contribution in [3.8, 4) is 0 Å². The van der Waals surface area contributed by atoms with E-state index in [1.54, 1.807) is 12.1 Å². The number of halogens is 1. The van der Waals surface area contributed by atoms with E-state index in [4.69, 9.17) is 22.5 Å². The van der Waals surface area contributed by atoms with Crippen LogP contribution in [-0.4, -0.2) is 15.0 Å². The van der Waals surface area contributed by atoms with Crippen LogP contribution in [0.3, 0.4) is 0 Å². The zero-order valence-electron chi connectivity index (χ0n) is 12.4. The fraction of sp³-hybridized carbons (Fsp3) is 0.375. The van der Waals surface area contributed by atoms with Gasteiger partial charge in [-0.1, -0.05) is 36.6 Å². The Morgan fingerprint density at radius 1 is 1.00 bits per heavy atom. The van der Waals surface area contributed by atoms with Gasteiger partial charge in [-0.2, -0.15) is 0 Å². The van der Waals surface area contributed by atoms with Crippen LogP contribution in [0.1, 0.15) is 31.2 Å². The Bertz CT molecular complexity index is 760. The van der Waals surface area contributed by atoms with Crippen LogP contribution in [0, 0.1) is 0 Å². The number of benzene rings is 2. The van der Waals surface area contributed by atoms with E-state index >= 15 is 0 Å². The van der Waals surface area contributed by atoms with Crippen LogP contribution in [0.4, 0.5) is 0 Å². The number of unbranched alkanes of at least 4 members (excludes halogenated alkanes) is 3. The van der Waals surface area contributed by atoms with Crippen LogP contribution in [0.5, 0.6) is 0 Å². The first kappa shape index (κ1) is 17.2. The Labute approximate surface area is 136 Å². The SMILES string of the molecule is NCCCCCCc1cc(Cl)c2cccc(S(N)(=O)=O)c2c1. The minimum atomic E-state index is -3.77. The monoisotopic (exact) mass is 340 g/mol. The van der Waals surface area contributed by atoms with Crippen molar-refractivity contribution in [2.24, 2.45) is 10.9 Å². The molecule has 0 bridgehead atoms. The number of hydrogen-bond donors (Lipinski definition) is 2. The molecule has 0 saturated heterocycles. The highest BCUT2D eigenvalue weighted by atomic mass is 35.5. The summed E-state index contributed by atoms with van der Waals surface area (Å²) < 4.78 is 23.4. The fourth-order valence-corrected chi connectivity index (χ4v) is 3.64. The second-order valence-corrected chi connectivity index (χ2v) is 7.36. The molecule has 0 unspecified atom stereocenters. The van der Waals surface area contributed by atoms with Gasteiger partial charge in [0, 0.05) is 15.8 Å². The van der Waals surface area contributed by atoms with Crippen molar-refractivity contribution >= 4 is 32.4 Å². The minimum absolute atomic E-state index is 0.122. The first-order chi connectivity index (χ1) is 10.4. The number of rotatable bonds is 7. The van der Waals surface area contributed by atoms with E-state index in [9.17, 15) is 8.42 Å². The molecule has 2 aromatic rings. The van der Waals surface area contributed by atoms with Crippen molar-refractivity contribution in [3.05, 3.63) is 40.9 Å². The van der Waals surface area contributed by atoms with Gasteiger partial charge in [-0.25, -0.2) is 13.6 Å². The molecule has 22 heavy (non-hydrogen) atoms. The molecule has 2 rings (SSSR count). The van der Waals surface area contributed by atoms with Crippen LogP contribution >= 0.6 is 11.6 Å². The van der Waals surface area contributed by atoms with Crippen molar-refractivity contribution in [1.29, 1.82) is 0 Å². The van der Waals surface area contributed by atoms with Gasteiger partial charge in [-0.05, 0) is 49.6 Å². The highest BCUT2D eigenvalue weighted by Gasteiger charge is 2.14. The number of primary sulfonamides is 1. The van der Waals surface area contributed by atoms with E-state index in [0.29, 0.717) is 15.8 Å². The number of aryl methyl sites for hydroxylation is 1. The summed E-state index contributed by atoms with van der Waals surface area (Å²) in [5.74, 6) is 0. The highest BCUT2D eigenvalue weighted by Crippen LogP contribution is 2.30. The Balaban J connectivity index is 2.30. The maximum atomic E-state index is 11.7. The van der Waals surface area contributed by atoms with Crippen LogP contribution in [0.15, 0.2) is 35.2 Å². The summed E-state index contributed by atoms with van der Waals surface area (Å²) in [6.07, 6.45) is 5.14. The lowest BCUT2D eigenvalue weighted by atomic mass is 10.0. The molecular weight excluding hydrogens is 320 g/mol. The molecule has 0 aliphatic rings. The van der Waals surface area contributed by atoms with Gasteiger partial charge in [0.2, 0.25) is 10.0 Å². The predicted molar refractivity (Wildman–Crippen MR) is 91.6 cm³/mol. The van der Waals surface area contributed by atoms with Gasteiger partial charge >= 0.3 is 0 Å². The summed E-state index contributed by atoms with van der Waals surface area (Å²) in [6.45, 7) is 0.722. The van der Waals surface area contributed by atoms with Crippen LogP contribution < -0.4 is 10.9 Å². The summed E-state index contributed by atoms with van der Waals surface area (Å²) >= 11 is 6.29. The lowest BCUT2D eigenvalue weighted by Crippen LogP contribution is -2.12. The number of sulfonamides is 1. The summed E-state index contributed by atoms with van der Waals surface area (Å²) in [4.78, 5) is 0.122. The molecule has 0 aliphatic heterocycles. The van der Waals surface area contributed by atoms with Gasteiger partial charge in [0.15, 0.2) is 0 Å². The molecule has 0 radical (unpaired) electrons. The molecule has 0 aliphatic carbocycles. The molecule has 0 saturated carbocycles. The molecule has 0 atom stereocenters. The molecule has 0 fully saturated rings. The minimum Gasteiger partial charge on any atom is -0.330 e. The molecule has 0 spiro atoms. The zero-order chi connectivity index (χ0) is 16.2. The summed E-state index contributed by atoms with van der Waals surface area (Å²) in [5, 5.41) is 7.15. The van der Waals surface area contributed by atoms with Crippen LogP contribution in [0.25, 0.3) is 10.8 Å². The third-order valence-electron chi connectivity index (χ3n) is 3.69. The van der Waals surface area contributed by atoms with Crippen molar-refractivity contribution in [2.45, 2.75) is 37.0 Å². The smallest absolute Gasteiger partial charge is 0.238 e. The molecule has 6 heteroatoms. The largest absolute Gasteiger partial charge is 0.330 e. The standard InChI is InChI=1S/C16H21ClN2O2S/c17-15-11-12(6-3-1-2-4-9-18)10-14-13(15)7-5-8-16(14)22(19,20)21/h5,7-8,10-11H,1-4,6,9,18H2,(H2,19,20,21). The second kappa shape index (κ2) is 7.42. The molecular formula is C16H21ClN2O2S. The Kier molecular flexibility index (Phi) is 5.81. The quantitative estimate of drug-likeness (QED) is 0.759. The van der Waals surface area contributed by atoms with Crippen LogP contribution in [0.2, 0.25) is 5.02 Å². The van der Waals surface area contributed by atoms with Gasteiger partial charge in [-0.3, -0.25) is 0 Å². The Morgan fingerprint density at radius 2 is 1.73 bits per heavy atom. The summed E-state index contributed by atoms with van der Waals surface area (Å²) in [7, 11) is -3.77. The predicted octanol–water partition coefficient (Wildman–Crippen LogP) is 3.20. The second-order valence-electron chi connectivity index (χ2n) is 5.43. The van der Waals surface area contributed by atoms with Gasteiger partial charge in [0.1, 0.15) is 0 Å². The van der Waals surface area contributed by atoms with E-state index < -0.39 is 10.0 Å².